The number of nitrogens with one attached hydrogen (secondary N) is 5. The maximum absolute atomic E-state index is 14.3. The molecule has 0 spiro atoms. The summed E-state index contributed by atoms with van der Waals surface area (Å²) in [4.78, 5) is 126. The van der Waals surface area contributed by atoms with E-state index in [2.05, 4.69) is 26.6 Å². The average Bonchev–Trinajstić information content (AvgIpc) is 4.14. The Labute approximate surface area is 407 Å². The number of aliphatic carboxylic acids is 1. The van der Waals surface area contributed by atoms with Crippen molar-refractivity contribution >= 4 is 53.2 Å². The summed E-state index contributed by atoms with van der Waals surface area (Å²) in [6, 6.07) is -5.25. The molecule has 15 N–H and O–H groups in total. The van der Waals surface area contributed by atoms with Gasteiger partial charge in [-0.1, -0.05) is 12.1 Å². The van der Waals surface area contributed by atoms with Gasteiger partial charge in [-0.15, -0.1) is 0 Å². The van der Waals surface area contributed by atoms with Crippen molar-refractivity contribution in [1.29, 1.82) is 0 Å². The Bertz CT molecular complexity index is 1990. The van der Waals surface area contributed by atoms with Crippen molar-refractivity contribution in [3.05, 3.63) is 29.8 Å². The number of carboxylic acids is 1. The zero-order chi connectivity index (χ0) is 51.7. The van der Waals surface area contributed by atoms with Crippen LogP contribution in [0.2, 0.25) is 0 Å². The molecule has 3 aliphatic rings. The number of rotatable bonds is 26. The van der Waals surface area contributed by atoms with Gasteiger partial charge in [-0.2, -0.15) is 0 Å². The second-order valence-corrected chi connectivity index (χ2v) is 18.3. The summed E-state index contributed by atoms with van der Waals surface area (Å²) in [7, 11) is 0. The lowest BCUT2D eigenvalue weighted by Crippen LogP contribution is -2.62. The highest BCUT2D eigenvalue weighted by Gasteiger charge is 2.44. The number of amides is 8. The fraction of sp³-hybridized carbons (Fsp3) is 0.674. The van der Waals surface area contributed by atoms with Gasteiger partial charge in [0, 0.05) is 26.1 Å². The number of nitrogens with zero attached hydrogens (tertiary/aromatic N) is 3. The lowest BCUT2D eigenvalue weighted by Gasteiger charge is -2.32. The number of hydrogen-bond donors (Lipinski definition) is 12. The number of aliphatic hydroxyl groups is 2. The smallest absolute Gasteiger partial charge is 0.326 e. The second kappa shape index (κ2) is 27.4. The molecular weight excluding hydrogens is 915 g/mol. The third-order valence-corrected chi connectivity index (χ3v) is 12.9. The first kappa shape index (κ1) is 56.6. The zero-order valence-electron chi connectivity index (χ0n) is 40.1. The van der Waals surface area contributed by atoms with Crippen molar-refractivity contribution in [2.24, 2.45) is 17.2 Å². The molecule has 0 aromatic heterocycles. The molecule has 0 saturated carbocycles. The predicted molar refractivity (Wildman–Crippen MR) is 252 cm³/mol. The monoisotopic (exact) mass is 988 g/mol. The number of unbranched alkanes of at least 4 members (excludes halogenated alkanes) is 2. The van der Waals surface area contributed by atoms with E-state index in [4.69, 9.17) is 17.2 Å². The minimum atomic E-state index is -1.68. The standard InChI is InChI=1S/C46H73N11O13/c1-26(49)38(61)50-30(10-3-5-19-47)43(66)55-21-7-13-35(55)40(63)53-33(25-58)45(68)57-23-9-14-36(57)41(64)54-37(27(2)59)42(65)52-32(24-28-15-17-29(60)18-16-28)44(67)56-22-8-12-34(56)39(62)51-31(46(69)70)11-4-6-20-48/h15-18,26-27,30-37,58-60H,3-14,19-25,47-49H2,1-2H3,(H,50,61)(H,51,62)(H,52,65)(H,53,63)(H,54,64)(H,69,70)/t26-,27+,30-,31-,32-,33-,34-,35-,36-,37-/m0/s1. The van der Waals surface area contributed by atoms with Crippen LogP contribution in [0.5, 0.6) is 5.75 Å². The summed E-state index contributed by atoms with van der Waals surface area (Å²) in [6.07, 6.45) is 2.47. The molecule has 8 amide bonds. The van der Waals surface area contributed by atoms with Crippen molar-refractivity contribution in [2.45, 2.75) is 158 Å². The van der Waals surface area contributed by atoms with Gasteiger partial charge in [-0.25, -0.2) is 4.79 Å². The van der Waals surface area contributed by atoms with E-state index in [0.29, 0.717) is 63.6 Å². The van der Waals surface area contributed by atoms with Crippen LogP contribution in [-0.2, 0) is 49.6 Å². The molecule has 3 saturated heterocycles. The highest BCUT2D eigenvalue weighted by atomic mass is 16.4. The molecule has 0 unspecified atom stereocenters. The van der Waals surface area contributed by atoms with Gasteiger partial charge >= 0.3 is 5.97 Å². The number of phenols is 1. The molecule has 24 heteroatoms. The van der Waals surface area contributed by atoms with E-state index in [1.165, 1.54) is 47.9 Å². The topological polar surface area (TPSA) is 382 Å². The van der Waals surface area contributed by atoms with Crippen molar-refractivity contribution in [3.63, 3.8) is 0 Å². The van der Waals surface area contributed by atoms with Crippen molar-refractivity contribution in [1.82, 2.24) is 41.3 Å². The van der Waals surface area contributed by atoms with E-state index in [0.717, 1.165) is 4.90 Å². The quantitative estimate of drug-likeness (QED) is 0.0399. The van der Waals surface area contributed by atoms with Crippen LogP contribution in [0, 0.1) is 0 Å². The van der Waals surface area contributed by atoms with E-state index in [-0.39, 0.29) is 63.9 Å². The number of benzene rings is 1. The molecule has 0 aliphatic carbocycles. The van der Waals surface area contributed by atoms with E-state index in [1.54, 1.807) is 0 Å². The number of aliphatic hydroxyl groups excluding tert-OH is 2. The van der Waals surface area contributed by atoms with Crippen LogP contribution in [0.25, 0.3) is 0 Å². The van der Waals surface area contributed by atoms with Crippen molar-refractivity contribution in [3.8, 4) is 5.75 Å². The van der Waals surface area contributed by atoms with Gasteiger partial charge in [0.2, 0.25) is 47.3 Å². The Morgan fingerprint density at radius 3 is 1.49 bits per heavy atom. The zero-order valence-corrected chi connectivity index (χ0v) is 40.1. The molecule has 3 fully saturated rings. The number of carbonyl (C=O) groups is 9. The van der Waals surface area contributed by atoms with Gasteiger partial charge in [0.15, 0.2) is 0 Å². The Morgan fingerprint density at radius 1 is 0.614 bits per heavy atom. The van der Waals surface area contributed by atoms with Gasteiger partial charge < -0.3 is 78.9 Å². The van der Waals surface area contributed by atoms with Crippen LogP contribution in [0.15, 0.2) is 24.3 Å². The summed E-state index contributed by atoms with van der Waals surface area (Å²) >= 11 is 0. The fourth-order valence-electron chi connectivity index (χ4n) is 9.02. The number of nitrogens with two attached hydrogens (primary N) is 3. The maximum Gasteiger partial charge on any atom is 0.326 e. The average molecular weight is 988 g/mol. The van der Waals surface area contributed by atoms with Gasteiger partial charge in [-0.05, 0) is 122 Å². The molecule has 4 rings (SSSR count). The number of carbonyl (C=O) groups excluding carboxylic acids is 8. The first-order valence-corrected chi connectivity index (χ1v) is 24.2. The molecule has 0 radical (unpaired) electrons. The summed E-state index contributed by atoms with van der Waals surface area (Å²) < 4.78 is 0. The molecule has 70 heavy (non-hydrogen) atoms. The van der Waals surface area contributed by atoms with Gasteiger partial charge in [0.1, 0.15) is 54.1 Å². The Balaban J connectivity index is 1.47. The molecule has 3 heterocycles. The molecule has 24 nitrogen and oxygen atoms in total. The van der Waals surface area contributed by atoms with E-state index >= 15 is 0 Å². The summed E-state index contributed by atoms with van der Waals surface area (Å²) in [5.74, 6) is -7.15. The van der Waals surface area contributed by atoms with Gasteiger partial charge in [0.25, 0.3) is 0 Å². The second-order valence-electron chi connectivity index (χ2n) is 18.3. The number of aromatic hydroxyl groups is 1. The summed E-state index contributed by atoms with van der Waals surface area (Å²) in [5, 5.41) is 53.7. The van der Waals surface area contributed by atoms with E-state index in [1.807, 2.05) is 0 Å². The van der Waals surface area contributed by atoms with Gasteiger partial charge in [0.05, 0.1) is 18.8 Å². The summed E-state index contributed by atoms with van der Waals surface area (Å²) in [5.41, 5.74) is 17.4. The lowest BCUT2D eigenvalue weighted by molar-refractivity contribution is -0.146. The highest BCUT2D eigenvalue weighted by molar-refractivity contribution is 5.98. The Hall–Kier alpha value is -5.95. The Kier molecular flexibility index (Phi) is 22.2. The Morgan fingerprint density at radius 2 is 1.04 bits per heavy atom. The summed E-state index contributed by atoms with van der Waals surface area (Å²) in [6.45, 7) is 2.87. The lowest BCUT2D eigenvalue weighted by atomic mass is 10.0. The minimum absolute atomic E-state index is 0.0291. The first-order valence-electron chi connectivity index (χ1n) is 24.2. The van der Waals surface area contributed by atoms with Crippen LogP contribution < -0.4 is 43.8 Å². The number of likely N-dealkylation sites (tertiary alicyclic amines) is 3. The first-order chi connectivity index (χ1) is 33.3. The van der Waals surface area contributed by atoms with Crippen molar-refractivity contribution in [2.75, 3.05) is 39.3 Å². The van der Waals surface area contributed by atoms with Crippen LogP contribution in [0.1, 0.15) is 96.5 Å². The molecule has 1 aromatic rings. The molecular formula is C46H73N11O13. The number of phenolic OH excluding ortho intramolecular Hbond substituents is 1. The van der Waals surface area contributed by atoms with E-state index < -0.39 is 120 Å². The fourth-order valence-corrected chi connectivity index (χ4v) is 9.02. The van der Waals surface area contributed by atoms with Gasteiger partial charge in [-0.3, -0.25) is 38.4 Å². The largest absolute Gasteiger partial charge is 0.508 e. The highest BCUT2D eigenvalue weighted by Crippen LogP contribution is 2.24. The third-order valence-electron chi connectivity index (χ3n) is 12.9. The predicted octanol–water partition coefficient (Wildman–Crippen LogP) is -3.61. The van der Waals surface area contributed by atoms with Crippen molar-refractivity contribution < 1.29 is 63.6 Å². The normalized spacial score (nSPS) is 20.8. The molecule has 0 bridgehead atoms. The number of carboxylic acid groups (broad SMARTS) is 1. The van der Waals surface area contributed by atoms with Crippen LogP contribution in [0.3, 0.4) is 0 Å². The third kappa shape index (κ3) is 15.5. The molecule has 10 atom stereocenters. The number of hydrogen-bond acceptors (Lipinski definition) is 15. The van der Waals surface area contributed by atoms with Crippen LogP contribution in [0.4, 0.5) is 0 Å². The minimum Gasteiger partial charge on any atom is -0.508 e. The van der Waals surface area contributed by atoms with Crippen LogP contribution in [-0.4, -0.2) is 188 Å². The SMILES string of the molecule is C[C@H](N)C(=O)N[C@@H](CCCCN)C(=O)N1CCC[C@H]1C(=O)N[C@@H](CO)C(=O)N1CCC[C@H]1C(=O)N[C@H](C(=O)N[C@@H](Cc1ccc(O)cc1)C(=O)N1CCC[C@H]1C(=O)N[C@@H](CCCCN)C(=O)O)[C@@H](C)O. The van der Waals surface area contributed by atoms with Crippen LogP contribution >= 0.6 is 0 Å². The molecule has 390 valence electrons. The van der Waals surface area contributed by atoms with E-state index in [9.17, 15) is 63.6 Å². The molecule has 3 aliphatic heterocycles. The maximum atomic E-state index is 14.3. The molecule has 1 aromatic carbocycles.